The van der Waals surface area contributed by atoms with Crippen molar-refractivity contribution in [2.24, 2.45) is 0 Å². The molecule has 7 nitrogen and oxygen atoms in total. The molecular formula is C18H21N5O2S2. The zero-order valence-corrected chi connectivity index (χ0v) is 16.4. The Morgan fingerprint density at radius 3 is 2.85 bits per heavy atom. The highest BCUT2D eigenvalue weighted by molar-refractivity contribution is 7.14. The van der Waals surface area contributed by atoms with Gasteiger partial charge < -0.3 is 15.2 Å². The number of carbonyl (C=O) groups excluding carboxylic acids is 2. The summed E-state index contributed by atoms with van der Waals surface area (Å²) in [7, 11) is 0. The standard InChI is InChI=1S/C18H21N5O2S2/c24-16(20-5-1-2-7-23-8-6-19-13-23)10-14-12-27-18(21-14)22-17(25)11-15-4-3-9-26-15/h3-4,6,8-9,12-13H,1-2,5,7,10-11H2,(H,20,24)(H,21,22,25). The molecule has 0 fully saturated rings. The third-order valence-corrected chi connectivity index (χ3v) is 5.46. The van der Waals surface area contributed by atoms with Gasteiger partial charge in [0.05, 0.1) is 24.9 Å². The molecule has 3 aromatic rings. The first kappa shape index (κ1) is 19.2. The van der Waals surface area contributed by atoms with Crippen molar-refractivity contribution in [3.05, 3.63) is 52.2 Å². The lowest BCUT2D eigenvalue weighted by Crippen LogP contribution is -2.26. The van der Waals surface area contributed by atoms with Crippen LogP contribution in [0, 0.1) is 0 Å². The summed E-state index contributed by atoms with van der Waals surface area (Å²) < 4.78 is 2.02. The van der Waals surface area contributed by atoms with E-state index in [9.17, 15) is 9.59 Å². The van der Waals surface area contributed by atoms with Crippen LogP contribution in [0.2, 0.25) is 0 Å². The number of aryl methyl sites for hydroxylation is 1. The summed E-state index contributed by atoms with van der Waals surface area (Å²) in [5, 5.41) is 9.97. The van der Waals surface area contributed by atoms with E-state index in [-0.39, 0.29) is 18.2 Å². The number of thiophene rings is 1. The SMILES string of the molecule is O=C(Cc1csc(NC(=O)Cc2cccs2)n1)NCCCCn1ccnc1. The summed E-state index contributed by atoms with van der Waals surface area (Å²) in [5.74, 6) is -0.153. The molecule has 0 spiro atoms. The molecule has 3 heterocycles. The quantitative estimate of drug-likeness (QED) is 0.510. The lowest BCUT2D eigenvalue weighted by Gasteiger charge is -2.05. The second kappa shape index (κ2) is 9.98. The monoisotopic (exact) mass is 403 g/mol. The number of amides is 2. The van der Waals surface area contributed by atoms with Crippen LogP contribution >= 0.6 is 22.7 Å². The lowest BCUT2D eigenvalue weighted by molar-refractivity contribution is -0.120. The molecule has 9 heteroatoms. The number of nitrogens with zero attached hydrogens (tertiary/aromatic N) is 3. The molecule has 0 aliphatic rings. The molecule has 0 unspecified atom stereocenters. The normalized spacial score (nSPS) is 10.7. The first-order valence-corrected chi connectivity index (χ1v) is 10.4. The molecule has 3 rings (SSSR count). The number of rotatable bonds is 10. The Morgan fingerprint density at radius 1 is 1.15 bits per heavy atom. The van der Waals surface area contributed by atoms with Gasteiger partial charge in [-0.2, -0.15) is 0 Å². The fourth-order valence-electron chi connectivity index (χ4n) is 2.47. The Balaban J connectivity index is 1.33. The molecule has 2 N–H and O–H groups in total. The Kier molecular flexibility index (Phi) is 7.11. The molecule has 0 saturated carbocycles. The summed E-state index contributed by atoms with van der Waals surface area (Å²) in [6, 6.07) is 3.85. The second-order valence-corrected chi connectivity index (χ2v) is 7.87. The van der Waals surface area contributed by atoms with Gasteiger partial charge in [0, 0.05) is 35.7 Å². The molecule has 0 saturated heterocycles. The Labute approximate surface area is 165 Å². The average molecular weight is 404 g/mol. The van der Waals surface area contributed by atoms with Gasteiger partial charge in [-0.3, -0.25) is 9.59 Å². The molecule has 0 bridgehead atoms. The molecule has 2 amide bonds. The van der Waals surface area contributed by atoms with Crippen molar-refractivity contribution < 1.29 is 9.59 Å². The van der Waals surface area contributed by atoms with Crippen molar-refractivity contribution in [3.8, 4) is 0 Å². The van der Waals surface area contributed by atoms with Crippen LogP contribution in [0.1, 0.15) is 23.4 Å². The largest absolute Gasteiger partial charge is 0.356 e. The minimum Gasteiger partial charge on any atom is -0.356 e. The maximum absolute atomic E-state index is 12.0. The van der Waals surface area contributed by atoms with Crippen molar-refractivity contribution in [1.82, 2.24) is 19.9 Å². The lowest BCUT2D eigenvalue weighted by atomic mass is 10.3. The number of carbonyl (C=O) groups is 2. The molecule has 3 aromatic heterocycles. The Morgan fingerprint density at radius 2 is 2.07 bits per heavy atom. The predicted octanol–water partition coefficient (Wildman–Crippen LogP) is 2.72. The topological polar surface area (TPSA) is 88.9 Å². The van der Waals surface area contributed by atoms with Gasteiger partial charge in [0.2, 0.25) is 11.8 Å². The number of nitrogens with one attached hydrogen (secondary N) is 2. The highest BCUT2D eigenvalue weighted by Gasteiger charge is 2.10. The minimum absolute atomic E-state index is 0.0561. The van der Waals surface area contributed by atoms with Crippen LogP contribution in [0.3, 0.4) is 0 Å². The number of aromatic nitrogens is 3. The van der Waals surface area contributed by atoms with E-state index in [2.05, 4.69) is 20.6 Å². The van der Waals surface area contributed by atoms with Crippen LogP contribution in [0.4, 0.5) is 5.13 Å². The van der Waals surface area contributed by atoms with E-state index in [0.717, 1.165) is 24.3 Å². The molecule has 0 aliphatic carbocycles. The van der Waals surface area contributed by atoms with Gasteiger partial charge in [-0.05, 0) is 24.3 Å². The fourth-order valence-corrected chi connectivity index (χ4v) is 3.90. The second-order valence-electron chi connectivity index (χ2n) is 5.98. The van der Waals surface area contributed by atoms with Gasteiger partial charge in [-0.25, -0.2) is 9.97 Å². The summed E-state index contributed by atoms with van der Waals surface area (Å²) in [4.78, 5) is 33.3. The van der Waals surface area contributed by atoms with Crippen LogP contribution < -0.4 is 10.6 Å². The van der Waals surface area contributed by atoms with E-state index >= 15 is 0 Å². The first-order chi connectivity index (χ1) is 13.2. The van der Waals surface area contributed by atoms with Gasteiger partial charge in [0.25, 0.3) is 0 Å². The third-order valence-electron chi connectivity index (χ3n) is 3.78. The van der Waals surface area contributed by atoms with Crippen LogP contribution in [-0.4, -0.2) is 32.9 Å². The third kappa shape index (κ3) is 6.61. The van der Waals surface area contributed by atoms with Crippen molar-refractivity contribution in [2.75, 3.05) is 11.9 Å². The summed E-state index contributed by atoms with van der Waals surface area (Å²) in [6.45, 7) is 1.54. The van der Waals surface area contributed by atoms with E-state index < -0.39 is 0 Å². The Bertz CT molecular complexity index is 843. The van der Waals surface area contributed by atoms with Crippen LogP contribution in [-0.2, 0) is 29.0 Å². The van der Waals surface area contributed by atoms with Gasteiger partial charge in [-0.1, -0.05) is 6.07 Å². The number of hydrogen-bond donors (Lipinski definition) is 2. The van der Waals surface area contributed by atoms with Crippen LogP contribution in [0.5, 0.6) is 0 Å². The van der Waals surface area contributed by atoms with E-state index in [1.807, 2.05) is 28.3 Å². The van der Waals surface area contributed by atoms with Crippen molar-refractivity contribution in [1.29, 1.82) is 0 Å². The zero-order valence-electron chi connectivity index (χ0n) is 14.8. The highest BCUT2D eigenvalue weighted by atomic mass is 32.1. The molecule has 0 atom stereocenters. The number of thiazole rings is 1. The molecule has 0 aromatic carbocycles. The van der Waals surface area contributed by atoms with E-state index in [1.165, 1.54) is 11.3 Å². The van der Waals surface area contributed by atoms with Crippen molar-refractivity contribution in [2.45, 2.75) is 32.2 Å². The van der Waals surface area contributed by atoms with Gasteiger partial charge in [0.1, 0.15) is 0 Å². The number of unbranched alkanes of at least 4 members (excludes halogenated alkanes) is 1. The van der Waals surface area contributed by atoms with Crippen LogP contribution in [0.25, 0.3) is 0 Å². The fraction of sp³-hybridized carbons (Fsp3) is 0.333. The van der Waals surface area contributed by atoms with Gasteiger partial charge in [-0.15, -0.1) is 22.7 Å². The number of hydrogen-bond acceptors (Lipinski definition) is 6. The number of imidazole rings is 1. The summed E-state index contributed by atoms with van der Waals surface area (Å²) in [6.07, 6.45) is 7.92. The number of anilines is 1. The maximum atomic E-state index is 12.0. The van der Waals surface area contributed by atoms with Gasteiger partial charge >= 0.3 is 0 Å². The molecule has 0 radical (unpaired) electrons. The molecule has 142 valence electrons. The highest BCUT2D eigenvalue weighted by Crippen LogP contribution is 2.17. The predicted molar refractivity (Wildman–Crippen MR) is 107 cm³/mol. The summed E-state index contributed by atoms with van der Waals surface area (Å²) >= 11 is 2.88. The average Bonchev–Trinajstić information content (AvgIpc) is 3.38. The van der Waals surface area contributed by atoms with Crippen molar-refractivity contribution >= 4 is 39.6 Å². The van der Waals surface area contributed by atoms with E-state index in [0.29, 0.717) is 23.8 Å². The van der Waals surface area contributed by atoms with Gasteiger partial charge in [0.15, 0.2) is 5.13 Å². The molecule has 27 heavy (non-hydrogen) atoms. The van der Waals surface area contributed by atoms with E-state index in [1.54, 1.807) is 29.2 Å². The first-order valence-electron chi connectivity index (χ1n) is 8.68. The van der Waals surface area contributed by atoms with Crippen LogP contribution in [0.15, 0.2) is 41.6 Å². The molecular weight excluding hydrogens is 382 g/mol. The Hall–Kier alpha value is -2.52. The minimum atomic E-state index is -0.0966. The van der Waals surface area contributed by atoms with E-state index in [4.69, 9.17) is 0 Å². The summed E-state index contributed by atoms with van der Waals surface area (Å²) in [5.41, 5.74) is 0.669. The van der Waals surface area contributed by atoms with Crippen molar-refractivity contribution in [3.63, 3.8) is 0 Å². The smallest absolute Gasteiger partial charge is 0.231 e. The molecule has 0 aliphatic heterocycles. The zero-order chi connectivity index (χ0) is 18.9. The maximum Gasteiger partial charge on any atom is 0.231 e.